The van der Waals surface area contributed by atoms with Crippen molar-refractivity contribution >= 4 is 17.3 Å². The second-order valence-corrected chi connectivity index (χ2v) is 6.44. The van der Waals surface area contributed by atoms with Crippen molar-refractivity contribution in [3.05, 3.63) is 83.9 Å². The van der Waals surface area contributed by atoms with Crippen LogP contribution in [0.25, 0.3) is 0 Å². The van der Waals surface area contributed by atoms with E-state index < -0.39 is 0 Å². The first kappa shape index (κ1) is 20.9. The number of ketones is 2. The van der Waals surface area contributed by atoms with E-state index in [2.05, 4.69) is 5.32 Å². The number of nitrogens with one attached hydrogen (secondary N) is 1. The third-order valence-electron chi connectivity index (χ3n) is 4.51. The summed E-state index contributed by atoms with van der Waals surface area (Å²) >= 11 is 0. The Balaban J connectivity index is 1.59. The summed E-state index contributed by atoms with van der Waals surface area (Å²) in [6, 6.07) is 21.0. The molecule has 0 radical (unpaired) electrons. The Bertz CT molecular complexity index is 914. The third kappa shape index (κ3) is 5.38. The standard InChI is InChI=1S/C24H23NO5/c1-28-19-11-7-17(8-12-19)22(26)15-25-21-5-3-4-6-24(21)30-16-23(27)18-9-13-20(29-2)14-10-18/h3-14,25H,15-16H2,1-2H3. The number of hydrogen-bond donors (Lipinski definition) is 1. The highest BCUT2D eigenvalue weighted by Crippen LogP contribution is 2.24. The van der Waals surface area contributed by atoms with Crippen LogP contribution in [-0.2, 0) is 0 Å². The SMILES string of the molecule is COc1ccc(C(=O)CNc2ccccc2OCC(=O)c2ccc(OC)cc2)cc1. The van der Waals surface area contributed by atoms with Crippen molar-refractivity contribution in [1.29, 1.82) is 0 Å². The molecule has 3 aromatic rings. The lowest BCUT2D eigenvalue weighted by Gasteiger charge is -2.13. The molecule has 3 rings (SSSR count). The molecule has 0 bridgehead atoms. The molecule has 3 aromatic carbocycles. The van der Waals surface area contributed by atoms with Gasteiger partial charge in [0.1, 0.15) is 17.2 Å². The van der Waals surface area contributed by atoms with E-state index in [-0.39, 0.29) is 24.7 Å². The molecule has 0 heterocycles. The maximum absolute atomic E-state index is 12.4. The van der Waals surface area contributed by atoms with Crippen LogP contribution < -0.4 is 19.5 Å². The molecule has 0 amide bonds. The number of methoxy groups -OCH3 is 2. The van der Waals surface area contributed by atoms with E-state index in [0.29, 0.717) is 34.1 Å². The number of Topliss-reactive ketones (excluding diaryl/α,β-unsaturated/α-hetero) is 2. The van der Waals surface area contributed by atoms with E-state index in [4.69, 9.17) is 14.2 Å². The van der Waals surface area contributed by atoms with Crippen LogP contribution >= 0.6 is 0 Å². The molecule has 0 aliphatic rings. The largest absolute Gasteiger partial charge is 0.497 e. The number of ether oxygens (including phenoxy) is 3. The zero-order valence-electron chi connectivity index (χ0n) is 16.9. The predicted octanol–water partition coefficient (Wildman–Crippen LogP) is 4.26. The summed E-state index contributed by atoms with van der Waals surface area (Å²) in [7, 11) is 3.15. The van der Waals surface area contributed by atoms with Crippen molar-refractivity contribution < 1.29 is 23.8 Å². The van der Waals surface area contributed by atoms with Crippen molar-refractivity contribution in [3.8, 4) is 17.2 Å². The molecular formula is C24H23NO5. The van der Waals surface area contributed by atoms with Crippen molar-refractivity contribution in [1.82, 2.24) is 0 Å². The van der Waals surface area contributed by atoms with Crippen LogP contribution in [0.4, 0.5) is 5.69 Å². The van der Waals surface area contributed by atoms with Gasteiger partial charge in [-0.15, -0.1) is 0 Å². The second kappa shape index (κ2) is 10.1. The molecular weight excluding hydrogens is 382 g/mol. The second-order valence-electron chi connectivity index (χ2n) is 6.44. The molecule has 6 heteroatoms. The van der Waals surface area contributed by atoms with E-state index in [1.54, 1.807) is 74.9 Å². The van der Waals surface area contributed by atoms with Gasteiger partial charge in [0.05, 0.1) is 26.5 Å². The van der Waals surface area contributed by atoms with E-state index in [0.717, 1.165) is 0 Å². The number of carbonyl (C=O) groups is 2. The number of para-hydroxylation sites is 2. The minimum absolute atomic E-state index is 0.0678. The first-order valence-corrected chi connectivity index (χ1v) is 9.41. The predicted molar refractivity (Wildman–Crippen MR) is 115 cm³/mol. The fourth-order valence-corrected chi connectivity index (χ4v) is 2.80. The Hall–Kier alpha value is -3.80. The lowest BCUT2D eigenvalue weighted by Crippen LogP contribution is -2.16. The van der Waals surface area contributed by atoms with Crippen molar-refractivity contribution in [2.24, 2.45) is 0 Å². The summed E-state index contributed by atoms with van der Waals surface area (Å²) in [5.41, 5.74) is 1.76. The lowest BCUT2D eigenvalue weighted by molar-refractivity contribution is 0.0921. The van der Waals surface area contributed by atoms with Gasteiger partial charge < -0.3 is 19.5 Å². The summed E-state index contributed by atoms with van der Waals surface area (Å²) < 4.78 is 15.9. The Labute approximate surface area is 175 Å². The first-order valence-electron chi connectivity index (χ1n) is 9.41. The lowest BCUT2D eigenvalue weighted by atomic mass is 10.1. The Morgan fingerprint density at radius 3 is 1.83 bits per heavy atom. The molecule has 0 fully saturated rings. The number of rotatable bonds is 10. The average molecular weight is 405 g/mol. The van der Waals surface area contributed by atoms with E-state index in [1.165, 1.54) is 0 Å². The van der Waals surface area contributed by atoms with Gasteiger partial charge >= 0.3 is 0 Å². The summed E-state index contributed by atoms with van der Waals surface area (Å²) in [4.78, 5) is 24.8. The Morgan fingerprint density at radius 1 is 0.733 bits per heavy atom. The highest BCUT2D eigenvalue weighted by Gasteiger charge is 2.11. The van der Waals surface area contributed by atoms with Gasteiger partial charge in [-0.05, 0) is 60.7 Å². The van der Waals surface area contributed by atoms with E-state index >= 15 is 0 Å². The van der Waals surface area contributed by atoms with Gasteiger partial charge in [-0.25, -0.2) is 0 Å². The van der Waals surface area contributed by atoms with Gasteiger partial charge in [-0.2, -0.15) is 0 Å². The van der Waals surface area contributed by atoms with Crippen LogP contribution in [0.2, 0.25) is 0 Å². The smallest absolute Gasteiger partial charge is 0.200 e. The Morgan fingerprint density at radius 2 is 1.27 bits per heavy atom. The topological polar surface area (TPSA) is 73.9 Å². The van der Waals surface area contributed by atoms with E-state index in [1.807, 2.05) is 12.1 Å². The number of benzene rings is 3. The van der Waals surface area contributed by atoms with Crippen LogP contribution in [0.5, 0.6) is 17.2 Å². The minimum atomic E-state index is -0.151. The van der Waals surface area contributed by atoms with Crippen LogP contribution in [0, 0.1) is 0 Å². The summed E-state index contributed by atoms with van der Waals surface area (Å²) in [5, 5.41) is 3.09. The maximum atomic E-state index is 12.4. The highest BCUT2D eigenvalue weighted by atomic mass is 16.5. The van der Waals surface area contributed by atoms with Gasteiger partial charge in [0.2, 0.25) is 0 Å². The quantitative estimate of drug-likeness (QED) is 0.508. The Kier molecular flexibility index (Phi) is 7.05. The van der Waals surface area contributed by atoms with Gasteiger partial charge in [0, 0.05) is 11.1 Å². The summed E-state index contributed by atoms with van der Waals surface area (Å²) in [6.45, 7) is -0.0173. The fourth-order valence-electron chi connectivity index (χ4n) is 2.80. The van der Waals surface area contributed by atoms with Crippen LogP contribution in [0.15, 0.2) is 72.8 Å². The molecule has 0 spiro atoms. The van der Waals surface area contributed by atoms with E-state index in [9.17, 15) is 9.59 Å². The normalized spacial score (nSPS) is 10.2. The van der Waals surface area contributed by atoms with Crippen molar-refractivity contribution in [3.63, 3.8) is 0 Å². The number of carbonyl (C=O) groups excluding carboxylic acids is 2. The number of anilines is 1. The summed E-state index contributed by atoms with van der Waals surface area (Å²) in [5.74, 6) is 1.66. The van der Waals surface area contributed by atoms with Crippen LogP contribution in [-0.4, -0.2) is 38.9 Å². The highest BCUT2D eigenvalue weighted by molar-refractivity contribution is 5.99. The van der Waals surface area contributed by atoms with Crippen LogP contribution in [0.1, 0.15) is 20.7 Å². The number of hydrogen-bond acceptors (Lipinski definition) is 6. The molecule has 0 atom stereocenters. The van der Waals surface area contributed by atoms with Gasteiger partial charge in [-0.3, -0.25) is 9.59 Å². The van der Waals surface area contributed by atoms with Crippen molar-refractivity contribution in [2.45, 2.75) is 0 Å². The molecule has 30 heavy (non-hydrogen) atoms. The van der Waals surface area contributed by atoms with Gasteiger partial charge in [-0.1, -0.05) is 12.1 Å². The molecule has 0 aromatic heterocycles. The maximum Gasteiger partial charge on any atom is 0.200 e. The minimum Gasteiger partial charge on any atom is -0.497 e. The van der Waals surface area contributed by atoms with Gasteiger partial charge in [0.15, 0.2) is 18.2 Å². The van der Waals surface area contributed by atoms with Crippen molar-refractivity contribution in [2.75, 3.05) is 32.7 Å². The first-order chi connectivity index (χ1) is 14.6. The zero-order chi connectivity index (χ0) is 21.3. The molecule has 0 aliphatic carbocycles. The molecule has 0 unspecified atom stereocenters. The molecule has 0 aliphatic heterocycles. The molecule has 0 saturated heterocycles. The zero-order valence-corrected chi connectivity index (χ0v) is 16.9. The fraction of sp³-hybridized carbons (Fsp3) is 0.167. The third-order valence-corrected chi connectivity index (χ3v) is 4.51. The monoisotopic (exact) mass is 405 g/mol. The molecule has 154 valence electrons. The average Bonchev–Trinajstić information content (AvgIpc) is 2.81. The van der Waals surface area contributed by atoms with Gasteiger partial charge in [0.25, 0.3) is 0 Å². The summed E-state index contributed by atoms with van der Waals surface area (Å²) in [6.07, 6.45) is 0. The molecule has 1 N–H and O–H groups in total. The van der Waals surface area contributed by atoms with Crippen LogP contribution in [0.3, 0.4) is 0 Å². The molecule has 0 saturated carbocycles. The molecule has 6 nitrogen and oxygen atoms in total.